The maximum Gasteiger partial charge on any atom is 0.416 e. The molecule has 0 heterocycles. The van der Waals surface area contributed by atoms with E-state index in [1.807, 2.05) is 183 Å². The maximum atomic E-state index is 14.5. The van der Waals surface area contributed by atoms with E-state index in [2.05, 4.69) is 21.2 Å². The van der Waals surface area contributed by atoms with Crippen molar-refractivity contribution in [3.8, 4) is 5.75 Å². The fourth-order valence-electron chi connectivity index (χ4n) is 6.94. The minimum atomic E-state index is -1.06. The smallest absolute Gasteiger partial charge is 0.416 e. The summed E-state index contributed by atoms with van der Waals surface area (Å²) in [5, 5.41) is 10.5. The van der Waals surface area contributed by atoms with Crippen molar-refractivity contribution < 1.29 is 33.4 Å². The normalized spacial score (nSPS) is 12.0. The van der Waals surface area contributed by atoms with Gasteiger partial charge in [0.15, 0.2) is 0 Å². The summed E-state index contributed by atoms with van der Waals surface area (Å²) in [4.78, 5) is 58.0. The van der Waals surface area contributed by atoms with E-state index < -0.39 is 36.0 Å². The molecule has 3 N–H and O–H groups in total. The van der Waals surface area contributed by atoms with Gasteiger partial charge >= 0.3 is 12.1 Å². The summed E-state index contributed by atoms with van der Waals surface area (Å²) in [7, 11) is 1.58. The first kappa shape index (κ1) is 45.8. The van der Waals surface area contributed by atoms with Gasteiger partial charge in [-0.15, -0.1) is 0 Å². The van der Waals surface area contributed by atoms with E-state index in [0.29, 0.717) is 5.75 Å². The van der Waals surface area contributed by atoms with Crippen LogP contribution in [0.15, 0.2) is 181 Å². The Morgan fingerprint density at radius 2 is 1.08 bits per heavy atom. The lowest BCUT2D eigenvalue weighted by Gasteiger charge is -2.26. The van der Waals surface area contributed by atoms with Gasteiger partial charge in [0.25, 0.3) is 0 Å². The van der Waals surface area contributed by atoms with Crippen molar-refractivity contribution in [2.75, 3.05) is 13.7 Å². The van der Waals surface area contributed by atoms with Gasteiger partial charge in [-0.05, 0) is 65.3 Å². The number of hydrogen-bond acceptors (Lipinski definition) is 9. The second-order valence-corrected chi connectivity index (χ2v) is 15.0. The predicted octanol–water partition coefficient (Wildman–Crippen LogP) is 8.46. The quantitative estimate of drug-likeness (QED) is 0.0318. The third-order valence-electron chi connectivity index (χ3n) is 10.4. The van der Waals surface area contributed by atoms with Crippen LogP contribution in [0.4, 0.5) is 4.79 Å². The number of nitrogens with one attached hydrogen (secondary N) is 3. The number of benzene rings is 6. The molecule has 0 fully saturated rings. The molecule has 6 aromatic carbocycles. The van der Waals surface area contributed by atoms with Gasteiger partial charge in [0, 0.05) is 6.54 Å². The van der Waals surface area contributed by atoms with Gasteiger partial charge in [0.1, 0.15) is 25.0 Å². The fraction of sp³-hybridized carbons (Fsp3) is 0.212. The Bertz CT molecular complexity index is 2360. The van der Waals surface area contributed by atoms with Crippen LogP contribution in [0.5, 0.6) is 5.75 Å². The second kappa shape index (κ2) is 24.1. The predicted molar refractivity (Wildman–Crippen MR) is 246 cm³/mol. The Morgan fingerprint density at radius 1 is 0.578 bits per heavy atom. The highest BCUT2D eigenvalue weighted by molar-refractivity contribution is 6.37. The van der Waals surface area contributed by atoms with Crippen molar-refractivity contribution in [3.63, 3.8) is 0 Å². The number of ether oxygens (including phenoxy) is 3. The van der Waals surface area contributed by atoms with Crippen molar-refractivity contribution in [2.45, 2.75) is 57.5 Å². The highest BCUT2D eigenvalue weighted by Gasteiger charge is 2.32. The summed E-state index contributed by atoms with van der Waals surface area (Å²) >= 11 is 0. The van der Waals surface area contributed by atoms with Crippen molar-refractivity contribution in [1.82, 2.24) is 21.0 Å². The molecule has 3 amide bonds. The van der Waals surface area contributed by atoms with Crippen molar-refractivity contribution in [3.05, 3.63) is 209 Å². The lowest BCUT2D eigenvalue weighted by molar-refractivity contribution is -0.137. The lowest BCUT2D eigenvalue weighted by atomic mass is 9.90. The van der Waals surface area contributed by atoms with Crippen LogP contribution in [-0.4, -0.2) is 54.3 Å². The van der Waals surface area contributed by atoms with Crippen LogP contribution >= 0.6 is 0 Å². The molecule has 0 aliphatic rings. The first-order valence-corrected chi connectivity index (χ1v) is 21.2. The SMILES string of the molecule is COc1ccc([C@@H](C)NC(=O)[C@@H](CCCN(C(=O)OCc2ccccc2)C(=NNCc2ccccc2)C(=O)OCc2ccccc2)NC(=O)C(c2ccccc2)c2ccccc2)cc1. The van der Waals surface area contributed by atoms with Gasteiger partial charge in [0.05, 0.1) is 25.6 Å². The molecule has 0 radical (unpaired) electrons. The average molecular weight is 860 g/mol. The van der Waals surface area contributed by atoms with Crippen molar-refractivity contribution in [2.24, 2.45) is 5.10 Å². The molecule has 0 unspecified atom stereocenters. The molecular weight excluding hydrogens is 807 g/mol. The number of esters is 1. The van der Waals surface area contributed by atoms with E-state index in [1.165, 1.54) is 0 Å². The van der Waals surface area contributed by atoms with Crippen LogP contribution < -0.4 is 20.8 Å². The maximum absolute atomic E-state index is 14.5. The molecule has 0 aliphatic carbocycles. The third-order valence-corrected chi connectivity index (χ3v) is 10.4. The van der Waals surface area contributed by atoms with E-state index in [0.717, 1.165) is 38.3 Å². The number of carbonyl (C=O) groups is 4. The molecule has 12 heteroatoms. The standard InChI is InChI=1S/C52H53N5O7/c1-38(42-30-32-45(62-2)33-31-42)54-49(58)46(55-50(59)47(43-25-14-6-15-26-43)44-27-16-7-17-28-44)29-18-34-57(52(61)64-37-41-23-12-5-13-24-41)48(56-53-35-39-19-8-3-9-20-39)51(60)63-36-40-21-10-4-11-22-40/h3-17,19-28,30-33,38,46-47,53H,18,29,34-37H2,1-2H3,(H,54,58)(H,55,59)/t38-,46-/m1/s1. The monoisotopic (exact) mass is 859 g/mol. The van der Waals surface area contributed by atoms with Crippen LogP contribution in [0, 0.1) is 0 Å². The zero-order valence-electron chi connectivity index (χ0n) is 36.0. The first-order valence-electron chi connectivity index (χ1n) is 21.2. The number of amidine groups is 1. The van der Waals surface area contributed by atoms with Crippen LogP contribution in [0.1, 0.15) is 65.1 Å². The largest absolute Gasteiger partial charge is 0.497 e. The Labute approximate surface area is 374 Å². The summed E-state index contributed by atoms with van der Waals surface area (Å²) in [5.41, 5.74) is 7.63. The topological polar surface area (TPSA) is 148 Å². The van der Waals surface area contributed by atoms with E-state index in [4.69, 9.17) is 14.2 Å². The minimum absolute atomic E-state index is 0.0649. The number of methoxy groups -OCH3 is 1. The first-order chi connectivity index (χ1) is 31.3. The molecule has 6 rings (SSSR count). The second-order valence-electron chi connectivity index (χ2n) is 15.0. The van der Waals surface area contributed by atoms with Gasteiger partial charge < -0.3 is 30.3 Å². The Hall–Kier alpha value is -7.73. The highest BCUT2D eigenvalue weighted by Crippen LogP contribution is 2.26. The van der Waals surface area contributed by atoms with Gasteiger partial charge in [-0.1, -0.05) is 164 Å². The fourth-order valence-corrected chi connectivity index (χ4v) is 6.94. The van der Waals surface area contributed by atoms with Crippen molar-refractivity contribution in [1.29, 1.82) is 0 Å². The number of nitrogens with zero attached hydrogens (tertiary/aromatic N) is 2. The van der Waals surface area contributed by atoms with E-state index >= 15 is 0 Å². The molecule has 64 heavy (non-hydrogen) atoms. The summed E-state index contributed by atoms with van der Waals surface area (Å²) in [5.74, 6) is -2.08. The lowest BCUT2D eigenvalue weighted by Crippen LogP contribution is -2.49. The molecule has 0 saturated carbocycles. The van der Waals surface area contributed by atoms with Crippen LogP contribution in [0.3, 0.4) is 0 Å². The molecule has 0 aliphatic heterocycles. The molecule has 0 spiro atoms. The van der Waals surface area contributed by atoms with Crippen molar-refractivity contribution >= 4 is 29.7 Å². The highest BCUT2D eigenvalue weighted by atomic mass is 16.6. The molecule has 6 aromatic rings. The summed E-state index contributed by atoms with van der Waals surface area (Å²) < 4.78 is 16.8. The molecule has 0 bridgehead atoms. The molecule has 328 valence electrons. The van der Waals surface area contributed by atoms with E-state index in [1.54, 1.807) is 7.11 Å². The number of hydrogen-bond donors (Lipinski definition) is 3. The Morgan fingerprint density at radius 3 is 1.61 bits per heavy atom. The summed E-state index contributed by atoms with van der Waals surface area (Å²) in [6.07, 6.45) is -0.664. The summed E-state index contributed by atoms with van der Waals surface area (Å²) in [6, 6.07) is 52.3. The molecule has 0 aromatic heterocycles. The molecular formula is C52H53N5O7. The van der Waals surface area contributed by atoms with Gasteiger partial charge in [0.2, 0.25) is 17.6 Å². The van der Waals surface area contributed by atoms with Gasteiger partial charge in [-0.2, -0.15) is 5.10 Å². The van der Waals surface area contributed by atoms with Gasteiger partial charge in [-0.25, -0.2) is 9.59 Å². The molecule has 12 nitrogen and oxygen atoms in total. The third kappa shape index (κ3) is 13.6. The van der Waals surface area contributed by atoms with E-state index in [9.17, 15) is 19.2 Å². The zero-order valence-corrected chi connectivity index (χ0v) is 36.0. The molecule has 0 saturated heterocycles. The zero-order chi connectivity index (χ0) is 44.9. The van der Waals surface area contributed by atoms with Crippen LogP contribution in [-0.2, 0) is 43.6 Å². The van der Waals surface area contributed by atoms with Crippen LogP contribution in [0.2, 0.25) is 0 Å². The number of hydrazone groups is 1. The average Bonchev–Trinajstić information content (AvgIpc) is 3.34. The van der Waals surface area contributed by atoms with Crippen LogP contribution in [0.25, 0.3) is 0 Å². The summed E-state index contributed by atoms with van der Waals surface area (Å²) in [6.45, 7) is 1.81. The Balaban J connectivity index is 1.28. The van der Waals surface area contributed by atoms with Gasteiger partial charge in [-0.3, -0.25) is 14.5 Å². The molecule has 2 atom stereocenters. The van der Waals surface area contributed by atoms with E-state index in [-0.39, 0.29) is 50.9 Å². The number of rotatable bonds is 19. The number of amides is 3. The Kier molecular flexibility index (Phi) is 17.2. The number of carbonyl (C=O) groups excluding carboxylic acids is 4. The minimum Gasteiger partial charge on any atom is -0.497 e.